The maximum Gasteiger partial charge on any atom is 0.338 e. The highest BCUT2D eigenvalue weighted by atomic mass is 16.8. The van der Waals surface area contributed by atoms with Crippen LogP contribution < -0.4 is 0 Å². The molecule has 10 atom stereocenters. The molecule has 6 aromatic carbocycles. The van der Waals surface area contributed by atoms with Gasteiger partial charge in [-0.3, -0.25) is 4.79 Å². The van der Waals surface area contributed by atoms with Gasteiger partial charge < -0.3 is 52.1 Å². The van der Waals surface area contributed by atoms with Crippen molar-refractivity contribution in [2.45, 2.75) is 81.5 Å². The van der Waals surface area contributed by atoms with Crippen LogP contribution >= 0.6 is 0 Å². The van der Waals surface area contributed by atoms with Crippen LogP contribution in [0.5, 0.6) is 0 Å². The van der Waals surface area contributed by atoms with Crippen molar-refractivity contribution >= 4 is 29.8 Å². The molecule has 0 N–H and O–H groups in total. The van der Waals surface area contributed by atoms with E-state index in [1.54, 1.807) is 84.9 Å². The lowest BCUT2D eigenvalue weighted by atomic mass is 9.95. The summed E-state index contributed by atoms with van der Waals surface area (Å²) in [6, 6.07) is 50.9. The highest BCUT2D eigenvalue weighted by Crippen LogP contribution is 2.37. The third kappa shape index (κ3) is 14.7. The van der Waals surface area contributed by atoms with E-state index in [9.17, 15) is 24.0 Å². The lowest BCUT2D eigenvalue weighted by Crippen LogP contribution is -2.67. The molecule has 8 rings (SSSR count). The lowest BCUT2D eigenvalue weighted by molar-refractivity contribution is -0.361. The second-order valence-electron chi connectivity index (χ2n) is 17.3. The highest BCUT2D eigenvalue weighted by Gasteiger charge is 2.57. The fourth-order valence-electron chi connectivity index (χ4n) is 8.36. The van der Waals surface area contributed by atoms with Gasteiger partial charge in [-0.15, -0.1) is 6.58 Å². The van der Waals surface area contributed by atoms with Gasteiger partial charge in [-0.1, -0.05) is 140 Å². The molecular formula is C59H56O16. The maximum absolute atomic E-state index is 14.4. The number of hydrogen-bond donors (Lipinski definition) is 0. The molecule has 2 aliphatic rings. The van der Waals surface area contributed by atoms with E-state index in [1.165, 1.54) is 49.4 Å². The monoisotopic (exact) mass is 1020 g/mol. The number of hydrogen-bond acceptors (Lipinski definition) is 16. The highest BCUT2D eigenvalue weighted by molar-refractivity contribution is 5.91. The molecule has 2 aliphatic heterocycles. The summed E-state index contributed by atoms with van der Waals surface area (Å²) in [5.41, 5.74) is 2.09. The summed E-state index contributed by atoms with van der Waals surface area (Å²) < 4.78 is 70.5. The van der Waals surface area contributed by atoms with Crippen LogP contribution in [0, 0.1) is 0 Å². The Balaban J connectivity index is 1.26. The molecule has 75 heavy (non-hydrogen) atoms. The van der Waals surface area contributed by atoms with Crippen LogP contribution in [0.25, 0.3) is 0 Å². The molecule has 0 bridgehead atoms. The summed E-state index contributed by atoms with van der Waals surface area (Å²) in [5, 5.41) is 0. The zero-order valence-electron chi connectivity index (χ0n) is 40.9. The molecule has 0 saturated carbocycles. The second-order valence-corrected chi connectivity index (χ2v) is 17.3. The average Bonchev–Trinajstić information content (AvgIpc) is 3.45. The van der Waals surface area contributed by atoms with Crippen molar-refractivity contribution in [3.63, 3.8) is 0 Å². The van der Waals surface area contributed by atoms with E-state index < -0.39 is 97.9 Å². The summed E-state index contributed by atoms with van der Waals surface area (Å²) in [7, 11) is 0. The molecule has 388 valence electrons. The predicted octanol–water partition coefficient (Wildman–Crippen LogP) is 8.29. The molecule has 0 aromatic heterocycles. The van der Waals surface area contributed by atoms with E-state index in [-0.39, 0.29) is 48.7 Å². The number of carbonyl (C=O) groups is 5. The topological polar surface area (TPSA) is 187 Å². The van der Waals surface area contributed by atoms with Crippen LogP contribution in [0.4, 0.5) is 0 Å². The summed E-state index contributed by atoms with van der Waals surface area (Å²) in [5.74, 6) is -4.15. The van der Waals surface area contributed by atoms with E-state index in [0.717, 1.165) is 11.1 Å². The fourth-order valence-corrected chi connectivity index (χ4v) is 8.36. The van der Waals surface area contributed by atoms with Gasteiger partial charge in [0.25, 0.3) is 0 Å². The molecule has 0 unspecified atom stereocenters. The third-order valence-corrected chi connectivity index (χ3v) is 12.0. The quantitative estimate of drug-likeness (QED) is 0.0359. The minimum Gasteiger partial charge on any atom is -0.463 e. The van der Waals surface area contributed by atoms with E-state index in [1.807, 2.05) is 60.7 Å². The molecular weight excluding hydrogens is 965 g/mol. The van der Waals surface area contributed by atoms with Crippen molar-refractivity contribution in [2.24, 2.45) is 0 Å². The van der Waals surface area contributed by atoms with Crippen molar-refractivity contribution in [1.82, 2.24) is 0 Å². The van der Waals surface area contributed by atoms with Gasteiger partial charge in [0.15, 0.2) is 37.0 Å². The number of carbonyl (C=O) groups excluding carboxylic acids is 5. The summed E-state index contributed by atoms with van der Waals surface area (Å²) in [6.45, 7) is 4.25. The van der Waals surface area contributed by atoms with Gasteiger partial charge >= 0.3 is 29.8 Å². The summed E-state index contributed by atoms with van der Waals surface area (Å²) in [6.07, 6.45) is -13.5. The molecule has 2 saturated heterocycles. The fraction of sp³-hybridized carbons (Fsp3) is 0.271. The Bertz CT molecular complexity index is 2770. The first-order valence-corrected chi connectivity index (χ1v) is 24.3. The van der Waals surface area contributed by atoms with Gasteiger partial charge in [0.05, 0.1) is 48.7 Å². The Labute approximate surface area is 433 Å². The molecule has 0 aliphatic carbocycles. The summed E-state index contributed by atoms with van der Waals surface area (Å²) in [4.78, 5) is 69.5. The first kappa shape index (κ1) is 53.5. The average molecular weight is 1020 g/mol. The second kappa shape index (κ2) is 26.9. The Morgan fingerprint density at radius 3 is 1.28 bits per heavy atom. The van der Waals surface area contributed by atoms with Crippen LogP contribution in [-0.4, -0.2) is 111 Å². The zero-order valence-corrected chi connectivity index (χ0v) is 40.9. The van der Waals surface area contributed by atoms with Crippen molar-refractivity contribution in [3.8, 4) is 0 Å². The van der Waals surface area contributed by atoms with E-state index >= 15 is 0 Å². The minimum atomic E-state index is -1.80. The zero-order chi connectivity index (χ0) is 52.4. The number of benzene rings is 6. The van der Waals surface area contributed by atoms with Crippen LogP contribution in [0.2, 0.25) is 0 Å². The maximum atomic E-state index is 14.4. The molecule has 0 spiro atoms. The Kier molecular flexibility index (Phi) is 19.2. The lowest BCUT2D eigenvalue weighted by Gasteiger charge is -2.49. The third-order valence-electron chi connectivity index (χ3n) is 12.0. The minimum absolute atomic E-state index is 0.0444. The molecule has 16 nitrogen and oxygen atoms in total. The van der Waals surface area contributed by atoms with Crippen molar-refractivity contribution in [3.05, 3.63) is 228 Å². The number of esters is 5. The van der Waals surface area contributed by atoms with Crippen molar-refractivity contribution < 1.29 is 76.1 Å². The van der Waals surface area contributed by atoms with Crippen LogP contribution in [0.1, 0.15) is 59.5 Å². The van der Waals surface area contributed by atoms with Crippen LogP contribution in [0.3, 0.4) is 0 Å². The van der Waals surface area contributed by atoms with E-state index in [4.69, 9.17) is 52.1 Å². The molecule has 2 fully saturated rings. The van der Waals surface area contributed by atoms with Crippen LogP contribution in [0.15, 0.2) is 195 Å². The van der Waals surface area contributed by atoms with Gasteiger partial charge in [-0.25, -0.2) is 19.2 Å². The smallest absolute Gasteiger partial charge is 0.338 e. The standard InChI is InChI=1S/C59H56O16/c1-3-34-66-58-52(73-56(63)44-30-18-8-19-31-44)50(68-36-41-24-12-5-13-25-41)48(46(69-58)37-65-35-40-22-10-4-11-23-40)75-59-53(74-57(64)45-32-20-9-21-33-45)51(72-55(62)43-28-16-7-17-29-43)49(47(70-59)38-67-39(2)60)71-54(61)42-26-14-6-15-27-42/h3-33,46-53,58-59H,1,34-38H2,2H3/t46-,47-,48+,49+,50+,51+,52-,53-,58-,59+/m1/s1. The molecule has 0 amide bonds. The SMILES string of the molecule is C=CCO[C@@H]1O[C@H](COCc2ccccc2)[C@H](O[C@@H]2O[C@H](COC(C)=O)[C@H](OC(=O)c3ccccc3)[C@H](OC(=O)c3ccccc3)[C@H]2OC(=O)c2ccccc2)[C@H](OCc2ccccc2)[C@H]1OC(=O)c1ccccc1. The first-order valence-electron chi connectivity index (χ1n) is 24.3. The molecule has 16 heteroatoms. The predicted molar refractivity (Wildman–Crippen MR) is 269 cm³/mol. The molecule has 0 radical (unpaired) electrons. The van der Waals surface area contributed by atoms with Gasteiger partial charge in [0, 0.05) is 6.92 Å². The van der Waals surface area contributed by atoms with Crippen LogP contribution in [-0.2, 0) is 70.1 Å². The van der Waals surface area contributed by atoms with Gasteiger partial charge in [0.2, 0.25) is 0 Å². The first-order chi connectivity index (χ1) is 36.6. The largest absolute Gasteiger partial charge is 0.463 e. The van der Waals surface area contributed by atoms with Crippen molar-refractivity contribution in [1.29, 1.82) is 0 Å². The van der Waals surface area contributed by atoms with E-state index in [0.29, 0.717) is 0 Å². The normalized spacial score (nSPS) is 23.2. The molecule has 2 heterocycles. The molecule has 6 aromatic rings. The Morgan fingerprint density at radius 2 is 0.827 bits per heavy atom. The van der Waals surface area contributed by atoms with Crippen molar-refractivity contribution in [2.75, 3.05) is 19.8 Å². The number of ether oxygens (including phenoxy) is 11. The summed E-state index contributed by atoms with van der Waals surface area (Å²) >= 11 is 0. The van der Waals surface area contributed by atoms with Gasteiger partial charge in [-0.2, -0.15) is 0 Å². The van der Waals surface area contributed by atoms with Gasteiger partial charge in [0.1, 0.15) is 31.0 Å². The Morgan fingerprint density at radius 1 is 0.440 bits per heavy atom. The Hall–Kier alpha value is -7.83. The van der Waals surface area contributed by atoms with E-state index in [2.05, 4.69) is 6.58 Å². The number of rotatable bonds is 22. The van der Waals surface area contributed by atoms with Gasteiger partial charge in [-0.05, 0) is 59.7 Å².